The summed E-state index contributed by atoms with van der Waals surface area (Å²) in [5.41, 5.74) is 5.62. The zero-order valence-corrected chi connectivity index (χ0v) is 19.7. The SMILES string of the molecule is C/C(=N\N(C)c1ccccc1)c1cc2cc(/C=N/N(c3ccccc3)c3ccccc3)ccc2o1. The zero-order valence-electron chi connectivity index (χ0n) is 19.7. The molecular weight excluding hydrogens is 432 g/mol. The maximum Gasteiger partial charge on any atom is 0.151 e. The quantitative estimate of drug-likeness (QED) is 0.188. The monoisotopic (exact) mass is 458 g/mol. The van der Waals surface area contributed by atoms with Gasteiger partial charge in [-0.3, -0.25) is 5.01 Å². The molecular formula is C30H26N4O. The molecule has 0 unspecified atom stereocenters. The number of anilines is 3. The van der Waals surface area contributed by atoms with Crippen LogP contribution in [0.25, 0.3) is 11.0 Å². The van der Waals surface area contributed by atoms with E-state index in [1.165, 1.54) is 0 Å². The summed E-state index contributed by atoms with van der Waals surface area (Å²) in [5.74, 6) is 0.743. The fraction of sp³-hybridized carbons (Fsp3) is 0.0667. The van der Waals surface area contributed by atoms with Crippen molar-refractivity contribution in [3.63, 3.8) is 0 Å². The number of hydrogen-bond acceptors (Lipinski definition) is 5. The van der Waals surface area contributed by atoms with Gasteiger partial charge in [-0.2, -0.15) is 10.2 Å². The topological polar surface area (TPSA) is 44.3 Å². The van der Waals surface area contributed by atoms with Gasteiger partial charge in [-0.1, -0.05) is 54.6 Å². The van der Waals surface area contributed by atoms with Crippen molar-refractivity contribution in [1.82, 2.24) is 0 Å². The van der Waals surface area contributed by atoms with Crippen LogP contribution >= 0.6 is 0 Å². The summed E-state index contributed by atoms with van der Waals surface area (Å²) in [6.45, 7) is 1.96. The molecule has 0 saturated carbocycles. The summed E-state index contributed by atoms with van der Waals surface area (Å²) < 4.78 is 6.07. The highest BCUT2D eigenvalue weighted by Crippen LogP contribution is 2.26. The molecule has 172 valence electrons. The third-order valence-electron chi connectivity index (χ3n) is 5.65. The summed E-state index contributed by atoms with van der Waals surface area (Å²) in [7, 11) is 1.93. The number of benzene rings is 4. The van der Waals surface area contributed by atoms with Gasteiger partial charge in [-0.15, -0.1) is 0 Å². The van der Waals surface area contributed by atoms with Crippen LogP contribution in [0.3, 0.4) is 0 Å². The van der Waals surface area contributed by atoms with Crippen molar-refractivity contribution in [3.05, 3.63) is 127 Å². The Morgan fingerprint density at radius 2 is 1.29 bits per heavy atom. The van der Waals surface area contributed by atoms with Crippen molar-refractivity contribution in [2.75, 3.05) is 17.1 Å². The van der Waals surface area contributed by atoms with Crippen molar-refractivity contribution < 1.29 is 4.42 Å². The van der Waals surface area contributed by atoms with Crippen LogP contribution in [0.15, 0.2) is 130 Å². The highest BCUT2D eigenvalue weighted by Gasteiger charge is 2.10. The summed E-state index contributed by atoms with van der Waals surface area (Å²) in [4.78, 5) is 0. The molecule has 0 N–H and O–H groups in total. The highest BCUT2D eigenvalue weighted by atomic mass is 16.3. The Kier molecular flexibility index (Phi) is 6.39. The van der Waals surface area contributed by atoms with Crippen LogP contribution in [-0.4, -0.2) is 19.0 Å². The second kappa shape index (κ2) is 10.1. The lowest BCUT2D eigenvalue weighted by molar-refractivity contribution is 0.603. The molecule has 0 saturated heterocycles. The highest BCUT2D eigenvalue weighted by molar-refractivity contribution is 6.01. The lowest BCUT2D eigenvalue weighted by Gasteiger charge is -2.19. The van der Waals surface area contributed by atoms with Crippen LogP contribution in [-0.2, 0) is 0 Å². The predicted molar refractivity (Wildman–Crippen MR) is 146 cm³/mol. The smallest absolute Gasteiger partial charge is 0.151 e. The van der Waals surface area contributed by atoms with Gasteiger partial charge in [0.1, 0.15) is 11.3 Å². The molecule has 1 heterocycles. The van der Waals surface area contributed by atoms with Crippen LogP contribution in [0.5, 0.6) is 0 Å². The molecule has 5 rings (SSSR count). The van der Waals surface area contributed by atoms with E-state index in [4.69, 9.17) is 9.52 Å². The van der Waals surface area contributed by atoms with Crippen LogP contribution in [0.1, 0.15) is 18.2 Å². The molecule has 0 aliphatic rings. The molecule has 0 radical (unpaired) electrons. The number of hydrazone groups is 2. The third kappa shape index (κ3) is 5.14. The van der Waals surface area contributed by atoms with Gasteiger partial charge in [-0.05, 0) is 73.2 Å². The summed E-state index contributed by atoms with van der Waals surface area (Å²) in [5, 5.41) is 14.3. The molecule has 0 atom stereocenters. The van der Waals surface area contributed by atoms with E-state index in [1.807, 2.05) is 139 Å². The lowest BCUT2D eigenvalue weighted by Crippen LogP contribution is -2.11. The van der Waals surface area contributed by atoms with E-state index in [2.05, 4.69) is 11.2 Å². The Bertz CT molecular complexity index is 1420. The van der Waals surface area contributed by atoms with Crippen molar-refractivity contribution in [1.29, 1.82) is 0 Å². The van der Waals surface area contributed by atoms with Gasteiger partial charge in [0.05, 0.1) is 23.3 Å². The van der Waals surface area contributed by atoms with Crippen molar-refractivity contribution in [2.24, 2.45) is 10.2 Å². The molecule has 0 amide bonds. The largest absolute Gasteiger partial charge is 0.455 e. The molecule has 0 aliphatic carbocycles. The molecule has 5 heteroatoms. The van der Waals surface area contributed by atoms with E-state index in [0.29, 0.717) is 0 Å². The van der Waals surface area contributed by atoms with E-state index in [1.54, 1.807) is 0 Å². The standard InChI is InChI=1S/C30H26N4O/c1-23(32-33(2)26-12-6-3-7-13-26)30-21-25-20-24(18-19-29(25)35-30)22-31-34(27-14-8-4-9-15-27)28-16-10-5-11-17-28/h3-22H,1-2H3/b31-22+,32-23+. The molecule has 0 aliphatic heterocycles. The Morgan fingerprint density at radius 1 is 0.714 bits per heavy atom. The van der Waals surface area contributed by atoms with E-state index in [0.717, 1.165) is 45.1 Å². The average molecular weight is 459 g/mol. The molecule has 5 aromatic rings. The van der Waals surface area contributed by atoms with Crippen molar-refractivity contribution >= 4 is 40.0 Å². The number of furan rings is 1. The summed E-state index contributed by atoms with van der Waals surface area (Å²) in [6, 6.07) is 38.4. The first-order valence-electron chi connectivity index (χ1n) is 11.5. The molecule has 35 heavy (non-hydrogen) atoms. The minimum absolute atomic E-state index is 0.743. The molecule has 0 fully saturated rings. The van der Waals surface area contributed by atoms with Gasteiger partial charge < -0.3 is 4.42 Å². The van der Waals surface area contributed by atoms with E-state index < -0.39 is 0 Å². The van der Waals surface area contributed by atoms with Gasteiger partial charge in [-0.25, -0.2) is 5.01 Å². The minimum atomic E-state index is 0.743. The zero-order chi connectivity index (χ0) is 24.0. The Labute approximate surface area is 205 Å². The van der Waals surface area contributed by atoms with Gasteiger partial charge in [0.25, 0.3) is 0 Å². The number of nitrogens with zero attached hydrogens (tertiary/aromatic N) is 4. The number of para-hydroxylation sites is 3. The Morgan fingerprint density at radius 3 is 1.89 bits per heavy atom. The summed E-state index contributed by atoms with van der Waals surface area (Å²) >= 11 is 0. The van der Waals surface area contributed by atoms with Gasteiger partial charge in [0.2, 0.25) is 0 Å². The van der Waals surface area contributed by atoms with E-state index in [-0.39, 0.29) is 0 Å². The van der Waals surface area contributed by atoms with Gasteiger partial charge >= 0.3 is 0 Å². The van der Waals surface area contributed by atoms with Crippen molar-refractivity contribution in [3.8, 4) is 0 Å². The molecule has 5 nitrogen and oxygen atoms in total. The molecule has 1 aromatic heterocycles. The lowest BCUT2D eigenvalue weighted by atomic mass is 10.1. The number of rotatable bonds is 7. The fourth-order valence-electron chi connectivity index (χ4n) is 3.84. The fourth-order valence-corrected chi connectivity index (χ4v) is 3.84. The normalized spacial score (nSPS) is 11.8. The minimum Gasteiger partial charge on any atom is -0.455 e. The molecule has 0 bridgehead atoms. The maximum atomic E-state index is 6.07. The van der Waals surface area contributed by atoms with E-state index >= 15 is 0 Å². The Hall–Kier alpha value is -4.64. The van der Waals surface area contributed by atoms with Crippen molar-refractivity contribution in [2.45, 2.75) is 6.92 Å². The van der Waals surface area contributed by atoms with Crippen LogP contribution in [0.2, 0.25) is 0 Å². The van der Waals surface area contributed by atoms with Gasteiger partial charge in [0, 0.05) is 12.4 Å². The number of fused-ring (bicyclic) bond motifs is 1. The average Bonchev–Trinajstić information content (AvgIpc) is 3.34. The van der Waals surface area contributed by atoms with E-state index in [9.17, 15) is 0 Å². The third-order valence-corrected chi connectivity index (χ3v) is 5.65. The summed E-state index contributed by atoms with van der Waals surface area (Å²) in [6.07, 6.45) is 1.87. The second-order valence-electron chi connectivity index (χ2n) is 8.18. The first-order chi connectivity index (χ1) is 17.2. The first kappa shape index (κ1) is 22.2. The number of hydrogen-bond donors (Lipinski definition) is 0. The second-order valence-corrected chi connectivity index (χ2v) is 8.18. The van der Waals surface area contributed by atoms with Crippen LogP contribution in [0.4, 0.5) is 17.1 Å². The molecule has 4 aromatic carbocycles. The Balaban J connectivity index is 1.41. The van der Waals surface area contributed by atoms with Crippen LogP contribution in [0, 0.1) is 0 Å². The molecule has 0 spiro atoms. The predicted octanol–water partition coefficient (Wildman–Crippen LogP) is 7.47. The first-order valence-corrected chi connectivity index (χ1v) is 11.5. The van der Waals surface area contributed by atoms with Gasteiger partial charge in [0.15, 0.2) is 5.76 Å². The maximum absolute atomic E-state index is 6.07. The van der Waals surface area contributed by atoms with Crippen LogP contribution < -0.4 is 10.0 Å².